The number of carboxylic acid groups (broad SMARTS) is 2. The van der Waals surface area contributed by atoms with Crippen LogP contribution in [0.15, 0.2) is 176 Å². The van der Waals surface area contributed by atoms with Crippen LogP contribution in [0.5, 0.6) is 34.5 Å². The number of carbonyl (C=O) groups excluding carboxylic acids is 9. The van der Waals surface area contributed by atoms with Crippen LogP contribution in [0.3, 0.4) is 0 Å². The van der Waals surface area contributed by atoms with Gasteiger partial charge in [-0.1, -0.05) is 40.5 Å². The molecule has 0 unspecified atom stereocenters. The van der Waals surface area contributed by atoms with E-state index in [-0.39, 0.29) is 168 Å². The van der Waals surface area contributed by atoms with E-state index in [4.69, 9.17) is 69.5 Å². The average molecular weight is 2670 g/mol. The van der Waals surface area contributed by atoms with Crippen LogP contribution >= 0.6 is 127 Å². The molecule has 7 aromatic carbocycles. The Morgan fingerprint density at radius 3 is 0.955 bits per heavy atom. The van der Waals surface area contributed by atoms with E-state index in [1.54, 1.807) is 36.4 Å². The first-order valence-electron chi connectivity index (χ1n) is 43.0. The summed E-state index contributed by atoms with van der Waals surface area (Å²) in [6, 6.07) is 57.1. The third-order valence-corrected chi connectivity index (χ3v) is 25.8. The SMILES string of the molecule is CCNC(=O)CCCCCOc1ccc(I(OC(C)=O)OC(C)=O)cc1.CCNC(=O)CCCCCOc1ccc(I)cc1.CCNC(=O)CCCCCOc1ccc([I+]c2ccccc2)cc1.CCOC(=O)CCCCCBr.CCOC(=O)CCCCCOc1ccc(I)cc1.O=C(O)CCCCCOc1ccc(I)cc1.O=C([O-])C(F)(F)F.O=CO[O-].Oc1ccc(I)cc1.[H-].[K+].[K+]. The van der Waals surface area contributed by atoms with Crippen molar-refractivity contribution in [1.29, 1.82) is 0 Å². The number of aromatic hydroxyl groups is 1. The monoisotopic (exact) mass is 2670 g/mol. The van der Waals surface area contributed by atoms with Crippen LogP contribution in [0.25, 0.3) is 0 Å². The Balaban J connectivity index is -0.000000485. The Labute approximate surface area is 955 Å². The smallest absolute Gasteiger partial charge is 1.00 e. The topological polar surface area (TPSA) is 386 Å². The number of nitrogens with one attached hydrogen (secondary N) is 3. The summed E-state index contributed by atoms with van der Waals surface area (Å²) >= 11 is 9.42. The number of alkyl halides is 4. The van der Waals surface area contributed by atoms with E-state index < -0.39 is 50.7 Å². The van der Waals surface area contributed by atoms with Gasteiger partial charge in [-0.15, -0.1) is 0 Å². The van der Waals surface area contributed by atoms with Crippen LogP contribution in [0, 0.1) is 25.0 Å². The van der Waals surface area contributed by atoms with Gasteiger partial charge in [-0.25, -0.2) is 0 Å². The zero-order valence-corrected chi connectivity index (χ0v) is 98.5. The maximum Gasteiger partial charge on any atom is 1.00 e. The van der Waals surface area contributed by atoms with Gasteiger partial charge < -0.3 is 70.7 Å². The summed E-state index contributed by atoms with van der Waals surface area (Å²) in [6.45, 7) is 18.2. The van der Waals surface area contributed by atoms with Gasteiger partial charge in [0.15, 0.2) is 7.14 Å². The second-order valence-corrected chi connectivity index (χ2v) is 39.3. The van der Waals surface area contributed by atoms with Gasteiger partial charge in [-0.2, -0.15) is 13.2 Å². The normalized spacial score (nSPS) is 9.93. The molecule has 5 N–H and O–H groups in total. The number of carboxylic acids is 2. The molecule has 0 aliphatic rings. The number of phenols is 1. The Kier molecular flexibility index (Phi) is 95.4. The molecule has 0 aliphatic heterocycles. The Morgan fingerprint density at radius 1 is 0.425 bits per heavy atom. The van der Waals surface area contributed by atoms with Crippen LogP contribution in [0.1, 0.15) is 204 Å². The molecule has 0 aromatic heterocycles. The molecule has 0 bridgehead atoms. The van der Waals surface area contributed by atoms with E-state index in [1.807, 2.05) is 120 Å². The first-order valence-corrected chi connectivity index (χ1v) is 53.4. The number of esters is 2. The standard InChI is InChI=1S/C20H24INO2.C18H26INO6.C14H20INO2.C14H19IO3.C12H15IO3.C8H15BrO2.C6H5IO.C2HF3O2.CH2O3.2K.H/c1-2-22-20(23)11-7-4-8-16-24-19-14-12-18(13-15-19)21-17-9-5-3-6-10-17;1-4-20-18(23)8-6-5-7-13-24-17-11-9-16(10-12-17)19(25-14(2)21)26-15(3)22;1-2-16-14(17)6-4-3-5-11-18-13-9-7-12(15)8-10-13;1-2-17-14(16)6-4-3-5-11-18-13-9-7-12(15)8-10-13;13-10-5-7-11(8-6-10)16-9-3-1-2-4-12(14)15;1-2-11-8(10)6-4-3-5-7-9;7-5-1-3-6(8)4-2-5;3-2(4,5)1(6)7;2-1-4-3;;;/h3,5-6,9-10,12-15H,2,4,7-8,11,16H2,1H3;9-12H,4-8,13H2,1-3H3,(H,20,23);7-10H,2-6,11H2,1H3,(H,16,17);7-10H,2-6,11H2,1H3;5-8H,1-4,9H2,(H,14,15);2-7H2,1H3;1-4,8H;(H,6,7);1,3H;;;/q;;;;;;;;;2*+1;-1/p-1. The summed E-state index contributed by atoms with van der Waals surface area (Å²) < 4.78 is 87.9. The largest absolute Gasteiger partial charge is 1.00 e. The number of hydrogen-bond acceptors (Lipinski definition) is 23. The van der Waals surface area contributed by atoms with Crippen molar-refractivity contribution in [2.24, 2.45) is 0 Å². The third kappa shape index (κ3) is 88.1. The minimum absolute atomic E-state index is 0. The fourth-order valence-corrected chi connectivity index (χ4v) is 16.5. The summed E-state index contributed by atoms with van der Waals surface area (Å²) in [7, 11) is 0. The first kappa shape index (κ1) is 136. The van der Waals surface area contributed by atoms with E-state index in [0.717, 1.165) is 161 Å². The van der Waals surface area contributed by atoms with Gasteiger partial charge in [-0.3, -0.25) is 28.8 Å². The van der Waals surface area contributed by atoms with Crippen molar-refractivity contribution >= 4 is 187 Å². The minimum Gasteiger partial charge on any atom is -1.00 e. The van der Waals surface area contributed by atoms with Gasteiger partial charge in [0.1, 0.15) is 34.7 Å². The average Bonchev–Trinajstić information content (AvgIpc) is 0.881. The van der Waals surface area contributed by atoms with Crippen molar-refractivity contribution in [1.82, 2.24) is 16.0 Å². The number of unbranched alkanes of at least 4 members (excludes halogenated alkanes) is 12. The predicted molar refractivity (Wildman–Crippen MR) is 540 cm³/mol. The first-order chi connectivity index (χ1) is 63.3. The van der Waals surface area contributed by atoms with Crippen molar-refractivity contribution in [3.8, 4) is 34.5 Å². The Hall–Kier alpha value is -4.08. The zero-order valence-electron chi connectivity index (χ0n) is 78.7. The molecule has 0 fully saturated rings. The van der Waals surface area contributed by atoms with Crippen LogP contribution in [-0.4, -0.2) is 148 Å². The molecule has 0 aliphatic carbocycles. The molecule has 7 aromatic rings. The summed E-state index contributed by atoms with van der Waals surface area (Å²) in [5.41, 5.74) is 0. The van der Waals surface area contributed by atoms with Crippen molar-refractivity contribution in [3.05, 3.63) is 201 Å². The fraction of sp³-hybridized carbons (Fsp3) is 0.453. The van der Waals surface area contributed by atoms with Crippen molar-refractivity contribution < 1.29 is 251 Å². The summed E-state index contributed by atoms with van der Waals surface area (Å²) in [5, 5.41) is 43.8. The van der Waals surface area contributed by atoms with E-state index in [0.29, 0.717) is 99.9 Å². The number of aliphatic carboxylic acids is 2. The van der Waals surface area contributed by atoms with Crippen molar-refractivity contribution in [2.45, 2.75) is 209 Å². The molecule has 134 heavy (non-hydrogen) atoms. The van der Waals surface area contributed by atoms with Crippen LogP contribution < -0.4 is 174 Å². The molecule has 738 valence electrons. The molecule has 0 atom stereocenters. The Morgan fingerprint density at radius 2 is 0.694 bits per heavy atom. The fourth-order valence-electron chi connectivity index (χ4n) is 9.78. The second-order valence-electron chi connectivity index (χ2n) is 27.1. The number of phenolic OH excluding ortho intramolecular Hbond substituents is 1. The molecule has 0 radical (unpaired) electrons. The number of halogens is 10. The number of ether oxygens (including phenoxy) is 7. The van der Waals surface area contributed by atoms with Gasteiger partial charge in [0.2, 0.25) is 11.8 Å². The molecule has 0 spiro atoms. The van der Waals surface area contributed by atoms with Gasteiger partial charge >= 0.3 is 297 Å². The number of carbonyl (C=O) groups is 10. The molecular formula is C95H127BrF3I6K2N3O24. The zero-order chi connectivity index (χ0) is 98.6. The third-order valence-electron chi connectivity index (χ3n) is 15.9. The predicted octanol–water partition coefficient (Wildman–Crippen LogP) is 11.1. The second kappa shape index (κ2) is 93.9. The van der Waals surface area contributed by atoms with Crippen molar-refractivity contribution in [2.75, 3.05) is 71.2 Å². The Bertz CT molecular complexity index is 4060. The number of rotatable bonds is 51. The van der Waals surface area contributed by atoms with Crippen LogP contribution in [0.4, 0.5) is 13.2 Å². The molecule has 39 heteroatoms. The van der Waals surface area contributed by atoms with E-state index in [2.05, 4.69) is 182 Å². The van der Waals surface area contributed by atoms with Crippen LogP contribution in [-0.2, 0) is 68.4 Å². The van der Waals surface area contributed by atoms with E-state index in [9.17, 15) is 51.5 Å². The summed E-state index contributed by atoms with van der Waals surface area (Å²) in [4.78, 5) is 108. The number of amides is 3. The summed E-state index contributed by atoms with van der Waals surface area (Å²) in [5.74, 6) is 0.191. The van der Waals surface area contributed by atoms with Crippen molar-refractivity contribution in [3.63, 3.8) is 0 Å². The van der Waals surface area contributed by atoms with Crippen LogP contribution in [0.2, 0.25) is 0 Å². The van der Waals surface area contributed by atoms with Gasteiger partial charge in [0.25, 0.3) is 6.47 Å². The molecule has 3 amide bonds. The molecule has 27 nitrogen and oxygen atoms in total. The number of benzene rings is 7. The molecular weight excluding hydrogens is 2540 g/mol. The molecule has 0 saturated carbocycles. The van der Waals surface area contributed by atoms with E-state index >= 15 is 0 Å². The molecule has 0 heterocycles. The van der Waals surface area contributed by atoms with Gasteiger partial charge in [0.05, 0.1) is 39.6 Å². The number of hydrogen-bond donors (Lipinski definition) is 5. The van der Waals surface area contributed by atoms with E-state index in [1.165, 1.54) is 31.7 Å². The molecule has 7 rings (SSSR count). The van der Waals surface area contributed by atoms with Gasteiger partial charge in [-0.05, 0) is 348 Å². The molecule has 0 saturated heterocycles. The maximum absolute atomic E-state index is 11.3. The van der Waals surface area contributed by atoms with Gasteiger partial charge in [0, 0.05) is 71.3 Å². The summed E-state index contributed by atoms with van der Waals surface area (Å²) in [6.07, 6.45) is 15.0. The minimum atomic E-state index is -5.19. The maximum atomic E-state index is 11.3. The quantitative estimate of drug-likeness (QED) is 0.00345.